The number of rotatable bonds is 9. The predicted molar refractivity (Wildman–Crippen MR) is 161 cm³/mol. The van der Waals surface area contributed by atoms with Gasteiger partial charge in [-0.25, -0.2) is 0 Å². The van der Waals surface area contributed by atoms with Gasteiger partial charge in [-0.1, -0.05) is 36.4 Å². The molecule has 1 atom stereocenters. The standard InChI is InChI=1S/C33H36N4O5/c1-22-19-28(33(39)36-18-17-34-21-26(36)20-24-9-6-5-7-10-24)31(25-13-15-27(16-14-25)42-35-23(2)38)37(22)29-11-8-12-30(40-3)32(29)41-4/h5-16,19,26,34H,17-18,20-21H2,1-4H3,(H,35,38)/t26-/m1/s1. The Balaban J connectivity index is 1.62. The summed E-state index contributed by atoms with van der Waals surface area (Å²) >= 11 is 0. The van der Waals surface area contributed by atoms with E-state index < -0.39 is 0 Å². The average molecular weight is 569 g/mol. The number of carbonyl (C=O) groups excluding carboxylic acids is 2. The van der Waals surface area contributed by atoms with Gasteiger partial charge in [-0.15, -0.1) is 0 Å². The van der Waals surface area contributed by atoms with Crippen molar-refractivity contribution in [2.24, 2.45) is 0 Å². The van der Waals surface area contributed by atoms with E-state index in [2.05, 4.69) is 22.9 Å². The average Bonchev–Trinajstić information content (AvgIpc) is 3.36. The molecule has 2 heterocycles. The number of nitrogens with one attached hydrogen (secondary N) is 2. The van der Waals surface area contributed by atoms with Crippen LogP contribution in [0.1, 0.15) is 28.5 Å². The van der Waals surface area contributed by atoms with Gasteiger partial charge >= 0.3 is 0 Å². The summed E-state index contributed by atoms with van der Waals surface area (Å²) in [5, 5.41) is 3.46. The smallest absolute Gasteiger partial charge is 0.256 e. The summed E-state index contributed by atoms with van der Waals surface area (Å²) in [7, 11) is 3.21. The van der Waals surface area contributed by atoms with E-state index in [0.29, 0.717) is 35.9 Å². The van der Waals surface area contributed by atoms with Crippen LogP contribution < -0.4 is 25.1 Å². The van der Waals surface area contributed by atoms with E-state index >= 15 is 0 Å². The van der Waals surface area contributed by atoms with Crippen LogP contribution in [0.15, 0.2) is 78.9 Å². The number of hydroxylamine groups is 1. The largest absolute Gasteiger partial charge is 0.493 e. The number of benzene rings is 3. The van der Waals surface area contributed by atoms with Crippen molar-refractivity contribution in [2.45, 2.75) is 26.3 Å². The lowest BCUT2D eigenvalue weighted by atomic mass is 10.0. The number of ether oxygens (including phenoxy) is 2. The van der Waals surface area contributed by atoms with E-state index in [4.69, 9.17) is 14.3 Å². The quantitative estimate of drug-likeness (QED) is 0.288. The van der Waals surface area contributed by atoms with Crippen molar-refractivity contribution >= 4 is 11.8 Å². The number of carbonyl (C=O) groups is 2. The van der Waals surface area contributed by atoms with Gasteiger partial charge in [0.15, 0.2) is 17.2 Å². The second-order valence-electron chi connectivity index (χ2n) is 10.2. The van der Waals surface area contributed by atoms with Crippen molar-refractivity contribution in [3.8, 4) is 34.2 Å². The molecule has 0 bridgehead atoms. The summed E-state index contributed by atoms with van der Waals surface area (Å²) < 4.78 is 13.4. The van der Waals surface area contributed by atoms with Gasteiger partial charge in [0, 0.05) is 38.3 Å². The molecular formula is C33H36N4O5. The molecule has 9 heteroatoms. The number of piperazine rings is 1. The molecule has 0 saturated carbocycles. The van der Waals surface area contributed by atoms with Crippen molar-refractivity contribution in [3.05, 3.63) is 95.7 Å². The van der Waals surface area contributed by atoms with Crippen LogP contribution in [0.25, 0.3) is 16.9 Å². The Kier molecular flexibility index (Phi) is 8.78. The van der Waals surface area contributed by atoms with Crippen LogP contribution in [0.2, 0.25) is 0 Å². The number of nitrogens with zero attached hydrogens (tertiary/aromatic N) is 2. The molecule has 42 heavy (non-hydrogen) atoms. The zero-order valence-corrected chi connectivity index (χ0v) is 24.3. The second-order valence-corrected chi connectivity index (χ2v) is 10.2. The summed E-state index contributed by atoms with van der Waals surface area (Å²) in [4.78, 5) is 33.1. The number of aryl methyl sites for hydroxylation is 1. The Labute approximate surface area is 246 Å². The van der Waals surface area contributed by atoms with Crippen molar-refractivity contribution in [1.29, 1.82) is 0 Å². The number of para-hydroxylation sites is 1. The Morgan fingerprint density at radius 2 is 1.74 bits per heavy atom. The molecule has 0 aliphatic carbocycles. The molecule has 0 unspecified atom stereocenters. The summed E-state index contributed by atoms with van der Waals surface area (Å²) in [6.07, 6.45) is 0.757. The van der Waals surface area contributed by atoms with Gasteiger partial charge < -0.3 is 29.1 Å². The minimum atomic E-state index is -0.303. The number of hydrogen-bond acceptors (Lipinski definition) is 6. The van der Waals surface area contributed by atoms with Gasteiger partial charge in [-0.3, -0.25) is 9.59 Å². The van der Waals surface area contributed by atoms with Gasteiger partial charge in [0.2, 0.25) is 5.91 Å². The van der Waals surface area contributed by atoms with Gasteiger partial charge in [0.1, 0.15) is 0 Å². The summed E-state index contributed by atoms with van der Waals surface area (Å²) in [6.45, 7) is 5.41. The summed E-state index contributed by atoms with van der Waals surface area (Å²) in [6, 6.07) is 25.2. The zero-order chi connectivity index (χ0) is 29.6. The van der Waals surface area contributed by atoms with Gasteiger partial charge in [0.05, 0.1) is 31.2 Å². The SMILES string of the molecule is COc1cccc(-n2c(C)cc(C(=O)N3CCNC[C@H]3Cc3ccccc3)c2-c2ccc(ONC(C)=O)cc2)c1OC. The number of aromatic nitrogens is 1. The Morgan fingerprint density at radius 3 is 2.43 bits per heavy atom. The monoisotopic (exact) mass is 568 g/mol. The van der Waals surface area contributed by atoms with E-state index in [1.165, 1.54) is 12.5 Å². The molecule has 4 aromatic rings. The molecule has 2 amide bonds. The molecular weight excluding hydrogens is 532 g/mol. The molecule has 218 valence electrons. The van der Waals surface area contributed by atoms with Gasteiger partial charge in [0.25, 0.3) is 5.91 Å². The lowest BCUT2D eigenvalue weighted by Crippen LogP contribution is -2.54. The van der Waals surface area contributed by atoms with Crippen LogP contribution in [-0.4, -0.2) is 61.2 Å². The maximum absolute atomic E-state index is 14.5. The summed E-state index contributed by atoms with van der Waals surface area (Å²) in [5.74, 6) is 1.29. The van der Waals surface area contributed by atoms with Crippen LogP contribution in [0.4, 0.5) is 0 Å². The van der Waals surface area contributed by atoms with Crippen molar-refractivity contribution in [3.63, 3.8) is 0 Å². The minimum absolute atomic E-state index is 0.00458. The van der Waals surface area contributed by atoms with E-state index in [-0.39, 0.29) is 17.9 Å². The highest BCUT2D eigenvalue weighted by Gasteiger charge is 2.32. The molecule has 1 fully saturated rings. The van der Waals surface area contributed by atoms with E-state index in [0.717, 1.165) is 35.6 Å². The molecule has 5 rings (SSSR count). The van der Waals surface area contributed by atoms with Crippen LogP contribution in [0.5, 0.6) is 17.2 Å². The first kappa shape index (κ1) is 28.8. The number of hydrogen-bond donors (Lipinski definition) is 2. The third-order valence-electron chi connectivity index (χ3n) is 7.40. The van der Waals surface area contributed by atoms with Crippen LogP contribution in [-0.2, 0) is 11.2 Å². The first-order valence-corrected chi connectivity index (χ1v) is 13.9. The van der Waals surface area contributed by atoms with Gasteiger partial charge in [-0.2, -0.15) is 5.48 Å². The highest BCUT2D eigenvalue weighted by molar-refractivity contribution is 6.01. The predicted octanol–water partition coefficient (Wildman–Crippen LogP) is 4.56. The summed E-state index contributed by atoms with van der Waals surface area (Å²) in [5.41, 5.74) is 7.28. The molecule has 1 aliphatic heterocycles. The highest BCUT2D eigenvalue weighted by atomic mass is 16.7. The lowest BCUT2D eigenvalue weighted by molar-refractivity contribution is -0.125. The first-order chi connectivity index (χ1) is 20.4. The fraction of sp³-hybridized carbons (Fsp3) is 0.273. The molecule has 1 saturated heterocycles. The lowest BCUT2D eigenvalue weighted by Gasteiger charge is -2.36. The third-order valence-corrected chi connectivity index (χ3v) is 7.40. The van der Waals surface area contributed by atoms with Crippen LogP contribution >= 0.6 is 0 Å². The van der Waals surface area contributed by atoms with E-state index in [1.54, 1.807) is 26.4 Å². The fourth-order valence-electron chi connectivity index (χ4n) is 5.51. The number of amides is 2. The van der Waals surface area contributed by atoms with E-state index in [9.17, 15) is 9.59 Å². The Morgan fingerprint density at radius 1 is 0.976 bits per heavy atom. The molecule has 0 radical (unpaired) electrons. The molecule has 0 spiro atoms. The van der Waals surface area contributed by atoms with Crippen molar-refractivity contribution < 1.29 is 23.9 Å². The molecule has 1 aromatic heterocycles. The maximum atomic E-state index is 14.5. The van der Waals surface area contributed by atoms with Crippen molar-refractivity contribution in [2.75, 3.05) is 33.9 Å². The fourth-order valence-corrected chi connectivity index (χ4v) is 5.51. The van der Waals surface area contributed by atoms with E-state index in [1.807, 2.05) is 71.0 Å². The normalized spacial score (nSPS) is 14.8. The molecule has 3 aromatic carbocycles. The molecule has 9 nitrogen and oxygen atoms in total. The highest BCUT2D eigenvalue weighted by Crippen LogP contribution is 2.39. The number of methoxy groups -OCH3 is 2. The zero-order valence-electron chi connectivity index (χ0n) is 24.3. The molecule has 1 aliphatic rings. The van der Waals surface area contributed by atoms with Crippen molar-refractivity contribution in [1.82, 2.24) is 20.3 Å². The third kappa shape index (κ3) is 5.96. The first-order valence-electron chi connectivity index (χ1n) is 13.9. The Bertz CT molecular complexity index is 1550. The topological polar surface area (TPSA) is 94.1 Å². The van der Waals surface area contributed by atoms with Crippen LogP contribution in [0.3, 0.4) is 0 Å². The maximum Gasteiger partial charge on any atom is 0.256 e. The van der Waals surface area contributed by atoms with Crippen LogP contribution in [0, 0.1) is 6.92 Å². The second kappa shape index (κ2) is 12.8. The molecule has 2 N–H and O–H groups in total. The Hall–Kier alpha value is -4.76. The van der Waals surface area contributed by atoms with Gasteiger partial charge in [-0.05, 0) is 66.9 Å². The minimum Gasteiger partial charge on any atom is -0.493 e.